The van der Waals surface area contributed by atoms with Gasteiger partial charge in [0.1, 0.15) is 0 Å². The Morgan fingerprint density at radius 3 is 3.07 bits per heavy atom. The van der Waals surface area contributed by atoms with Crippen molar-refractivity contribution in [3.8, 4) is 0 Å². The van der Waals surface area contributed by atoms with E-state index in [0.29, 0.717) is 6.54 Å². The molecule has 0 unspecified atom stereocenters. The number of aromatic amines is 1. The highest BCUT2D eigenvalue weighted by molar-refractivity contribution is 5.86. The Hall–Kier alpha value is -1.32. The molecule has 0 spiro atoms. The average Bonchev–Trinajstić information content (AvgIpc) is 2.62. The number of aliphatic hydroxyl groups excluding tert-OH is 1. The molecule has 0 aliphatic heterocycles. The van der Waals surface area contributed by atoms with Crippen LogP contribution in [-0.4, -0.2) is 23.2 Å². The van der Waals surface area contributed by atoms with Gasteiger partial charge in [0, 0.05) is 30.2 Å². The van der Waals surface area contributed by atoms with Crippen LogP contribution in [0.5, 0.6) is 0 Å². The molecule has 1 aromatic heterocycles. The van der Waals surface area contributed by atoms with Crippen LogP contribution in [0.15, 0.2) is 24.4 Å². The Balaban J connectivity index is 2.29. The summed E-state index contributed by atoms with van der Waals surface area (Å²) in [6.07, 6.45) is 2.03. The second kappa shape index (κ2) is 4.47. The van der Waals surface area contributed by atoms with Gasteiger partial charge in [-0.05, 0) is 24.1 Å². The maximum atomic E-state index is 8.70. The van der Waals surface area contributed by atoms with Crippen molar-refractivity contribution in [1.82, 2.24) is 10.3 Å². The first-order chi connectivity index (χ1) is 7.33. The van der Waals surface area contributed by atoms with E-state index < -0.39 is 0 Å². The van der Waals surface area contributed by atoms with Gasteiger partial charge in [-0.25, -0.2) is 0 Å². The summed E-state index contributed by atoms with van der Waals surface area (Å²) in [7, 11) is 0. The standard InChI is InChI=1S/C12H16N2O/c1-9-7-14-11-4-2-3-10(12(9)11)8-13-5-6-15/h2-4,7,13-15H,5-6,8H2,1H3. The molecule has 0 saturated carbocycles. The van der Waals surface area contributed by atoms with Crippen molar-refractivity contribution in [3.63, 3.8) is 0 Å². The molecule has 15 heavy (non-hydrogen) atoms. The first kappa shape index (κ1) is 10.2. The van der Waals surface area contributed by atoms with Crippen LogP contribution >= 0.6 is 0 Å². The lowest BCUT2D eigenvalue weighted by Gasteiger charge is -2.05. The van der Waals surface area contributed by atoms with Crippen LogP contribution < -0.4 is 5.32 Å². The van der Waals surface area contributed by atoms with E-state index in [0.717, 1.165) is 6.54 Å². The van der Waals surface area contributed by atoms with Gasteiger partial charge in [0.25, 0.3) is 0 Å². The van der Waals surface area contributed by atoms with Crippen LogP contribution in [0.3, 0.4) is 0 Å². The third kappa shape index (κ3) is 2.03. The number of hydrogen-bond donors (Lipinski definition) is 3. The molecule has 0 aliphatic carbocycles. The molecule has 2 rings (SSSR count). The molecule has 2 aromatic rings. The number of nitrogens with one attached hydrogen (secondary N) is 2. The fourth-order valence-electron chi connectivity index (χ4n) is 1.89. The van der Waals surface area contributed by atoms with Gasteiger partial charge in [-0.3, -0.25) is 0 Å². The molecule has 3 N–H and O–H groups in total. The fraction of sp³-hybridized carbons (Fsp3) is 0.333. The fourth-order valence-corrected chi connectivity index (χ4v) is 1.89. The quantitative estimate of drug-likeness (QED) is 0.662. The van der Waals surface area contributed by atoms with E-state index in [9.17, 15) is 0 Å². The lowest BCUT2D eigenvalue weighted by atomic mass is 10.1. The van der Waals surface area contributed by atoms with Gasteiger partial charge in [-0.2, -0.15) is 0 Å². The predicted molar refractivity (Wildman–Crippen MR) is 61.8 cm³/mol. The van der Waals surface area contributed by atoms with Crippen LogP contribution in [0, 0.1) is 6.92 Å². The van der Waals surface area contributed by atoms with Crippen molar-refractivity contribution in [3.05, 3.63) is 35.5 Å². The summed E-state index contributed by atoms with van der Waals surface area (Å²) >= 11 is 0. The number of benzene rings is 1. The van der Waals surface area contributed by atoms with Gasteiger partial charge < -0.3 is 15.4 Å². The zero-order valence-corrected chi connectivity index (χ0v) is 8.88. The highest BCUT2D eigenvalue weighted by Gasteiger charge is 2.04. The molecule has 0 aliphatic rings. The van der Waals surface area contributed by atoms with E-state index in [4.69, 9.17) is 5.11 Å². The third-order valence-electron chi connectivity index (χ3n) is 2.59. The van der Waals surface area contributed by atoms with Gasteiger partial charge in [-0.15, -0.1) is 0 Å². The van der Waals surface area contributed by atoms with Gasteiger partial charge >= 0.3 is 0 Å². The van der Waals surface area contributed by atoms with Gasteiger partial charge in [-0.1, -0.05) is 12.1 Å². The molecular formula is C12H16N2O. The van der Waals surface area contributed by atoms with Crippen LogP contribution in [0.4, 0.5) is 0 Å². The van der Waals surface area contributed by atoms with E-state index >= 15 is 0 Å². The number of rotatable bonds is 4. The van der Waals surface area contributed by atoms with Crippen molar-refractivity contribution < 1.29 is 5.11 Å². The molecule has 1 aromatic carbocycles. The summed E-state index contributed by atoms with van der Waals surface area (Å²) in [5.74, 6) is 0. The average molecular weight is 204 g/mol. The molecule has 0 atom stereocenters. The topological polar surface area (TPSA) is 48.0 Å². The van der Waals surface area contributed by atoms with Crippen molar-refractivity contribution in [1.29, 1.82) is 0 Å². The molecule has 0 bridgehead atoms. The minimum absolute atomic E-state index is 0.183. The van der Waals surface area contributed by atoms with Crippen molar-refractivity contribution in [2.75, 3.05) is 13.2 Å². The number of aliphatic hydroxyl groups is 1. The summed E-state index contributed by atoms with van der Waals surface area (Å²) in [5, 5.41) is 13.2. The molecule has 0 radical (unpaired) electrons. The van der Waals surface area contributed by atoms with Gasteiger partial charge in [0.2, 0.25) is 0 Å². The summed E-state index contributed by atoms with van der Waals surface area (Å²) in [5.41, 5.74) is 3.72. The Kier molecular flexibility index (Phi) is 3.04. The number of H-pyrrole nitrogens is 1. The van der Waals surface area contributed by atoms with Crippen LogP contribution in [0.25, 0.3) is 10.9 Å². The van der Waals surface area contributed by atoms with Crippen molar-refractivity contribution >= 4 is 10.9 Å². The maximum absolute atomic E-state index is 8.70. The summed E-state index contributed by atoms with van der Waals surface area (Å²) < 4.78 is 0. The summed E-state index contributed by atoms with van der Waals surface area (Å²) in [6.45, 7) is 3.73. The Bertz CT molecular complexity index is 448. The molecule has 1 heterocycles. The zero-order chi connectivity index (χ0) is 10.7. The van der Waals surface area contributed by atoms with Crippen molar-refractivity contribution in [2.24, 2.45) is 0 Å². The second-order valence-corrected chi connectivity index (χ2v) is 3.71. The number of fused-ring (bicyclic) bond motifs is 1. The predicted octanol–water partition coefficient (Wildman–Crippen LogP) is 1.56. The van der Waals surface area contributed by atoms with Crippen LogP contribution in [-0.2, 0) is 6.54 Å². The highest BCUT2D eigenvalue weighted by Crippen LogP contribution is 2.21. The first-order valence-corrected chi connectivity index (χ1v) is 5.20. The maximum Gasteiger partial charge on any atom is 0.0556 e. The second-order valence-electron chi connectivity index (χ2n) is 3.71. The molecule has 0 amide bonds. The molecule has 3 heteroatoms. The van der Waals surface area contributed by atoms with Crippen molar-refractivity contribution in [2.45, 2.75) is 13.5 Å². The molecular weight excluding hydrogens is 188 g/mol. The van der Waals surface area contributed by atoms with Gasteiger partial charge in [0.15, 0.2) is 0 Å². The zero-order valence-electron chi connectivity index (χ0n) is 8.88. The number of aryl methyl sites for hydroxylation is 1. The molecule has 3 nitrogen and oxygen atoms in total. The smallest absolute Gasteiger partial charge is 0.0556 e. The highest BCUT2D eigenvalue weighted by atomic mass is 16.3. The van der Waals surface area contributed by atoms with E-state index in [1.54, 1.807) is 0 Å². The molecule has 0 fully saturated rings. The van der Waals surface area contributed by atoms with E-state index in [1.165, 1.54) is 22.0 Å². The molecule has 80 valence electrons. The first-order valence-electron chi connectivity index (χ1n) is 5.20. The molecule has 0 saturated heterocycles. The van der Waals surface area contributed by atoms with E-state index in [-0.39, 0.29) is 6.61 Å². The number of aromatic nitrogens is 1. The van der Waals surface area contributed by atoms with Gasteiger partial charge in [0.05, 0.1) is 6.61 Å². The Morgan fingerprint density at radius 1 is 1.40 bits per heavy atom. The monoisotopic (exact) mass is 204 g/mol. The van der Waals surface area contributed by atoms with E-state index in [1.807, 2.05) is 12.3 Å². The largest absolute Gasteiger partial charge is 0.395 e. The number of hydrogen-bond acceptors (Lipinski definition) is 2. The van der Waals surface area contributed by atoms with Crippen LogP contribution in [0.1, 0.15) is 11.1 Å². The minimum atomic E-state index is 0.183. The Morgan fingerprint density at radius 2 is 2.27 bits per heavy atom. The summed E-state index contributed by atoms with van der Waals surface area (Å²) in [6, 6.07) is 6.25. The van der Waals surface area contributed by atoms with Crippen LogP contribution in [0.2, 0.25) is 0 Å². The SMILES string of the molecule is Cc1c[nH]c2cccc(CNCCO)c12. The third-order valence-corrected chi connectivity index (χ3v) is 2.59. The summed E-state index contributed by atoms with van der Waals surface area (Å²) in [4.78, 5) is 3.24. The lowest BCUT2D eigenvalue weighted by molar-refractivity contribution is 0.292. The lowest BCUT2D eigenvalue weighted by Crippen LogP contribution is -2.17. The van der Waals surface area contributed by atoms with E-state index in [2.05, 4.69) is 29.4 Å². The normalized spacial score (nSPS) is 11.1. The Labute approximate surface area is 89.1 Å². The minimum Gasteiger partial charge on any atom is -0.395 e.